The summed E-state index contributed by atoms with van der Waals surface area (Å²) in [5.41, 5.74) is 0. The van der Waals surface area contributed by atoms with Crippen LogP contribution in [0.1, 0.15) is 39.0 Å². The Balaban J connectivity index is 1.96. The number of rotatable bonds is 5. The predicted molar refractivity (Wildman–Crippen MR) is 67.1 cm³/mol. The second kappa shape index (κ2) is 5.24. The monoisotopic (exact) mass is 261 g/mol. The zero-order valence-corrected chi connectivity index (χ0v) is 11.3. The smallest absolute Gasteiger partial charge is 0.214 e. The summed E-state index contributed by atoms with van der Waals surface area (Å²) < 4.78 is 26.1. The van der Waals surface area contributed by atoms with Crippen molar-refractivity contribution in [1.82, 2.24) is 4.31 Å². The molecule has 2 rings (SSSR count). The van der Waals surface area contributed by atoms with E-state index >= 15 is 0 Å². The third kappa shape index (κ3) is 3.42. The second-order valence-electron chi connectivity index (χ2n) is 5.59. The van der Waals surface area contributed by atoms with Gasteiger partial charge in [-0.1, -0.05) is 12.8 Å². The molecule has 0 aromatic rings. The lowest BCUT2D eigenvalue weighted by Gasteiger charge is -2.36. The van der Waals surface area contributed by atoms with E-state index in [0.29, 0.717) is 18.2 Å². The van der Waals surface area contributed by atoms with Crippen molar-refractivity contribution >= 4 is 10.0 Å². The molecule has 4 nitrogen and oxygen atoms in total. The van der Waals surface area contributed by atoms with Crippen molar-refractivity contribution < 1.29 is 13.5 Å². The van der Waals surface area contributed by atoms with Crippen LogP contribution in [0.3, 0.4) is 0 Å². The van der Waals surface area contributed by atoms with Crippen molar-refractivity contribution in [3.8, 4) is 0 Å². The molecule has 1 aliphatic carbocycles. The van der Waals surface area contributed by atoms with Gasteiger partial charge in [-0.3, -0.25) is 0 Å². The number of hydrogen-bond donors (Lipinski definition) is 1. The normalized spacial score (nSPS) is 31.6. The lowest BCUT2D eigenvalue weighted by molar-refractivity contribution is 0.139. The van der Waals surface area contributed by atoms with Crippen molar-refractivity contribution in [2.75, 3.05) is 18.9 Å². The topological polar surface area (TPSA) is 57.6 Å². The number of piperidine rings is 1. The predicted octanol–water partition coefficient (Wildman–Crippen LogP) is 1.21. The van der Waals surface area contributed by atoms with Crippen LogP contribution in [0.15, 0.2) is 0 Å². The summed E-state index contributed by atoms with van der Waals surface area (Å²) in [6, 6.07) is 0.0991. The summed E-state index contributed by atoms with van der Waals surface area (Å²) in [4.78, 5) is 0. The van der Waals surface area contributed by atoms with E-state index in [1.165, 1.54) is 12.8 Å². The lowest BCUT2D eigenvalue weighted by atomic mass is 9.96. The van der Waals surface area contributed by atoms with Gasteiger partial charge in [-0.15, -0.1) is 0 Å². The molecule has 100 valence electrons. The summed E-state index contributed by atoms with van der Waals surface area (Å²) in [7, 11) is -3.11. The third-order valence-corrected chi connectivity index (χ3v) is 5.99. The third-order valence-electron chi connectivity index (χ3n) is 4.02. The molecule has 0 aromatic carbocycles. The average Bonchev–Trinajstić information content (AvgIpc) is 3.11. The molecule has 0 amide bonds. The highest BCUT2D eigenvalue weighted by Crippen LogP contribution is 2.33. The van der Waals surface area contributed by atoms with Gasteiger partial charge in [0.25, 0.3) is 0 Å². The van der Waals surface area contributed by atoms with Crippen LogP contribution in [0, 0.1) is 11.8 Å². The Morgan fingerprint density at radius 2 is 1.82 bits per heavy atom. The first-order valence-corrected chi connectivity index (χ1v) is 8.24. The Hall–Kier alpha value is -0.130. The van der Waals surface area contributed by atoms with Crippen molar-refractivity contribution in [2.24, 2.45) is 11.8 Å². The van der Waals surface area contributed by atoms with Gasteiger partial charge in [0.1, 0.15) is 0 Å². The van der Waals surface area contributed by atoms with Crippen LogP contribution in [0.5, 0.6) is 0 Å². The highest BCUT2D eigenvalue weighted by molar-refractivity contribution is 7.89. The van der Waals surface area contributed by atoms with Gasteiger partial charge in [0, 0.05) is 19.2 Å². The van der Waals surface area contributed by atoms with Gasteiger partial charge in [-0.05, 0) is 38.0 Å². The van der Waals surface area contributed by atoms with E-state index in [1.54, 1.807) is 4.31 Å². The van der Waals surface area contributed by atoms with E-state index < -0.39 is 10.0 Å². The van der Waals surface area contributed by atoms with E-state index in [2.05, 4.69) is 0 Å². The number of aliphatic hydroxyl groups excluding tert-OH is 1. The molecular weight excluding hydrogens is 238 g/mol. The summed E-state index contributed by atoms with van der Waals surface area (Å²) in [5, 5.41) is 9.17. The van der Waals surface area contributed by atoms with Crippen LogP contribution in [-0.4, -0.2) is 42.8 Å². The molecule has 1 heterocycles. The minimum Gasteiger partial charge on any atom is -0.396 e. The molecule has 0 aromatic heterocycles. The molecule has 1 N–H and O–H groups in total. The number of hydrogen-bond acceptors (Lipinski definition) is 3. The molecular formula is C12H23NO3S. The second-order valence-corrected chi connectivity index (χ2v) is 7.63. The fourth-order valence-electron chi connectivity index (χ4n) is 2.52. The molecule has 2 unspecified atom stereocenters. The largest absolute Gasteiger partial charge is 0.396 e. The van der Waals surface area contributed by atoms with E-state index in [4.69, 9.17) is 5.11 Å². The Labute approximate surface area is 104 Å². The minimum absolute atomic E-state index is 0.0986. The molecule has 17 heavy (non-hydrogen) atoms. The van der Waals surface area contributed by atoms with Crippen molar-refractivity contribution in [2.45, 2.75) is 45.1 Å². The maximum absolute atomic E-state index is 12.2. The van der Waals surface area contributed by atoms with Gasteiger partial charge < -0.3 is 5.11 Å². The molecule has 1 aliphatic heterocycles. The summed E-state index contributed by atoms with van der Waals surface area (Å²) in [6.45, 7) is 2.58. The van der Waals surface area contributed by atoms with E-state index in [9.17, 15) is 8.42 Å². The van der Waals surface area contributed by atoms with Crippen LogP contribution in [0.2, 0.25) is 0 Å². The minimum atomic E-state index is -3.11. The Morgan fingerprint density at radius 1 is 1.18 bits per heavy atom. The van der Waals surface area contributed by atoms with Gasteiger partial charge in [-0.2, -0.15) is 4.31 Å². The molecule has 0 spiro atoms. The average molecular weight is 261 g/mol. The van der Waals surface area contributed by atoms with Crippen molar-refractivity contribution in [3.63, 3.8) is 0 Å². The van der Waals surface area contributed by atoms with Gasteiger partial charge in [0.2, 0.25) is 10.0 Å². The van der Waals surface area contributed by atoms with E-state index in [1.807, 2.05) is 6.92 Å². The van der Waals surface area contributed by atoms with Crippen LogP contribution in [0.25, 0.3) is 0 Å². The first kappa shape index (κ1) is 13.3. The zero-order chi connectivity index (χ0) is 12.5. The molecule has 2 fully saturated rings. The van der Waals surface area contributed by atoms with Crippen LogP contribution < -0.4 is 0 Å². The highest BCUT2D eigenvalue weighted by Gasteiger charge is 2.34. The fourth-order valence-corrected chi connectivity index (χ4v) is 4.48. The molecule has 1 saturated carbocycles. The lowest BCUT2D eigenvalue weighted by Crippen LogP contribution is -2.47. The molecule has 1 saturated heterocycles. The summed E-state index contributed by atoms with van der Waals surface area (Å²) in [6.07, 6.45) is 5.02. The molecule has 2 atom stereocenters. The van der Waals surface area contributed by atoms with Crippen molar-refractivity contribution in [1.29, 1.82) is 0 Å². The molecule has 0 bridgehead atoms. The van der Waals surface area contributed by atoms with Crippen molar-refractivity contribution in [3.05, 3.63) is 0 Å². The SMILES string of the molecule is CC1CCC(CO)CN1S(=O)(=O)CCC1CC1. The Morgan fingerprint density at radius 3 is 2.41 bits per heavy atom. The van der Waals surface area contributed by atoms with Gasteiger partial charge in [0.15, 0.2) is 0 Å². The van der Waals surface area contributed by atoms with Gasteiger partial charge in [0.05, 0.1) is 5.75 Å². The quantitative estimate of drug-likeness (QED) is 0.809. The van der Waals surface area contributed by atoms with Crippen LogP contribution in [-0.2, 0) is 10.0 Å². The standard InChI is InChI=1S/C12H23NO3S/c1-10-2-3-12(9-14)8-13(10)17(15,16)7-6-11-4-5-11/h10-12,14H,2-9H2,1H3. The summed E-state index contributed by atoms with van der Waals surface area (Å²) >= 11 is 0. The van der Waals surface area contributed by atoms with Crippen LogP contribution >= 0.6 is 0 Å². The fraction of sp³-hybridized carbons (Fsp3) is 1.00. The summed E-state index contributed by atoms with van der Waals surface area (Å²) in [5.74, 6) is 1.07. The molecule has 5 heteroatoms. The molecule has 0 radical (unpaired) electrons. The maximum Gasteiger partial charge on any atom is 0.214 e. The Kier molecular flexibility index (Phi) is 4.10. The van der Waals surface area contributed by atoms with Crippen LogP contribution in [0.4, 0.5) is 0 Å². The molecule has 2 aliphatic rings. The highest BCUT2D eigenvalue weighted by atomic mass is 32.2. The maximum atomic E-state index is 12.2. The van der Waals surface area contributed by atoms with Gasteiger partial charge in [-0.25, -0.2) is 8.42 Å². The van der Waals surface area contributed by atoms with E-state index in [-0.39, 0.29) is 18.6 Å². The number of nitrogens with zero attached hydrogens (tertiary/aromatic N) is 1. The first-order chi connectivity index (χ1) is 8.03. The van der Waals surface area contributed by atoms with E-state index in [0.717, 1.165) is 19.3 Å². The number of aliphatic hydroxyl groups is 1. The van der Waals surface area contributed by atoms with Gasteiger partial charge >= 0.3 is 0 Å². The first-order valence-electron chi connectivity index (χ1n) is 6.63. The zero-order valence-electron chi connectivity index (χ0n) is 10.5. The Bertz CT molecular complexity index is 351. The number of sulfonamides is 1.